The molecule has 5 rings (SSSR count). The highest BCUT2D eigenvalue weighted by molar-refractivity contribution is 5.91. The summed E-state index contributed by atoms with van der Waals surface area (Å²) in [5.41, 5.74) is 2.90. The third-order valence-electron chi connectivity index (χ3n) is 6.42. The summed E-state index contributed by atoms with van der Waals surface area (Å²) in [4.78, 5) is 31.0. The molecular formula is C27H20F4N2O4. The lowest BCUT2D eigenvalue weighted by atomic mass is 9.88. The normalized spacial score (nSPS) is 16.9. The largest absolute Gasteiger partial charge is 0.477 e. The molecule has 0 aliphatic carbocycles. The second-order valence-electron chi connectivity index (χ2n) is 8.51. The fraction of sp³-hybridized carbons (Fsp3) is 0.185. The van der Waals surface area contributed by atoms with E-state index in [9.17, 15) is 27.2 Å². The van der Waals surface area contributed by atoms with Crippen LogP contribution in [0.5, 0.6) is 5.75 Å². The Morgan fingerprint density at radius 3 is 2.30 bits per heavy atom. The smallest absolute Gasteiger partial charge is 0.328 e. The molecule has 3 aromatic carbocycles. The van der Waals surface area contributed by atoms with Gasteiger partial charge in [0.2, 0.25) is 11.6 Å². The minimum absolute atomic E-state index is 0.0418. The van der Waals surface area contributed by atoms with Crippen LogP contribution in [0.2, 0.25) is 0 Å². The van der Waals surface area contributed by atoms with E-state index in [1.807, 2.05) is 24.3 Å². The lowest BCUT2D eigenvalue weighted by Gasteiger charge is -2.40. The Hall–Kier alpha value is -4.34. The van der Waals surface area contributed by atoms with Crippen LogP contribution >= 0.6 is 0 Å². The van der Waals surface area contributed by atoms with Gasteiger partial charge in [0.05, 0.1) is 13.2 Å². The van der Waals surface area contributed by atoms with E-state index in [1.54, 1.807) is 30.3 Å². The maximum absolute atomic E-state index is 14.1. The molecule has 0 spiro atoms. The number of amides is 1. The Morgan fingerprint density at radius 2 is 1.62 bits per heavy atom. The van der Waals surface area contributed by atoms with Crippen molar-refractivity contribution in [1.29, 1.82) is 0 Å². The number of benzene rings is 3. The predicted octanol–water partition coefficient (Wildman–Crippen LogP) is 4.82. The van der Waals surface area contributed by atoms with Crippen molar-refractivity contribution in [2.75, 3.05) is 13.7 Å². The standard InChI is InChI=1S/C27H20F4N2O4/c1-36-27(35)20-11-16-15-9-5-6-10-19(15)32-24(16)25(14-7-3-2-4-8-14)33(20)21(34)13-37-26-22(30)17(28)12-18(29)23(26)31/h2-10,12,20,25,32H,11,13H2,1H3. The zero-order valence-electron chi connectivity index (χ0n) is 19.4. The molecule has 37 heavy (non-hydrogen) atoms. The molecule has 1 amide bonds. The molecule has 6 nitrogen and oxygen atoms in total. The predicted molar refractivity (Wildman–Crippen MR) is 125 cm³/mol. The molecule has 1 aliphatic heterocycles. The van der Waals surface area contributed by atoms with Crippen LogP contribution in [-0.2, 0) is 20.7 Å². The monoisotopic (exact) mass is 512 g/mol. The van der Waals surface area contributed by atoms with Gasteiger partial charge in [-0.05, 0) is 17.2 Å². The number of nitrogens with one attached hydrogen (secondary N) is 1. The number of rotatable bonds is 5. The zero-order chi connectivity index (χ0) is 26.3. The molecule has 2 heterocycles. The molecule has 4 aromatic rings. The third-order valence-corrected chi connectivity index (χ3v) is 6.42. The first kappa shape index (κ1) is 24.4. The van der Waals surface area contributed by atoms with E-state index < -0.39 is 59.6 Å². The SMILES string of the molecule is COC(=O)C1Cc2c([nH]c3ccccc23)C(c2ccccc2)N1C(=O)COc1c(F)c(F)cc(F)c1F. The van der Waals surface area contributed by atoms with Crippen molar-refractivity contribution in [3.8, 4) is 5.75 Å². The van der Waals surface area contributed by atoms with Crippen molar-refractivity contribution in [3.63, 3.8) is 0 Å². The number of para-hydroxylation sites is 1. The maximum atomic E-state index is 14.1. The summed E-state index contributed by atoms with van der Waals surface area (Å²) < 4.78 is 65.5. The summed E-state index contributed by atoms with van der Waals surface area (Å²) in [5, 5.41) is 0.870. The Kier molecular flexibility index (Phi) is 6.32. The molecule has 0 saturated heterocycles. The quantitative estimate of drug-likeness (QED) is 0.237. The number of nitrogens with zero attached hydrogens (tertiary/aromatic N) is 1. The number of carbonyl (C=O) groups excluding carboxylic acids is 2. The Bertz CT molecular complexity index is 1480. The van der Waals surface area contributed by atoms with Gasteiger partial charge in [0.15, 0.2) is 24.0 Å². The van der Waals surface area contributed by atoms with Crippen LogP contribution in [0.4, 0.5) is 17.6 Å². The lowest BCUT2D eigenvalue weighted by molar-refractivity contribution is -0.156. The maximum Gasteiger partial charge on any atom is 0.328 e. The molecule has 0 fully saturated rings. The van der Waals surface area contributed by atoms with E-state index in [2.05, 4.69) is 4.98 Å². The zero-order valence-corrected chi connectivity index (χ0v) is 19.4. The van der Waals surface area contributed by atoms with Crippen LogP contribution in [0.15, 0.2) is 60.7 Å². The first-order valence-corrected chi connectivity index (χ1v) is 11.3. The molecular weight excluding hydrogens is 492 g/mol. The highest BCUT2D eigenvalue weighted by Crippen LogP contribution is 2.41. The summed E-state index contributed by atoms with van der Waals surface area (Å²) in [6.07, 6.45) is 0.0956. The Balaban J connectivity index is 1.60. The van der Waals surface area contributed by atoms with Gasteiger partial charge in [-0.2, -0.15) is 8.78 Å². The molecule has 2 unspecified atom stereocenters. The highest BCUT2D eigenvalue weighted by atomic mass is 19.2. The number of fused-ring (bicyclic) bond motifs is 3. The third kappa shape index (κ3) is 4.18. The first-order valence-electron chi connectivity index (χ1n) is 11.3. The highest BCUT2D eigenvalue weighted by Gasteiger charge is 2.44. The minimum Gasteiger partial charge on any atom is -0.477 e. The molecule has 0 saturated carbocycles. The van der Waals surface area contributed by atoms with Crippen molar-refractivity contribution in [1.82, 2.24) is 9.88 Å². The fourth-order valence-corrected chi connectivity index (χ4v) is 4.78. The first-order chi connectivity index (χ1) is 17.8. The van der Waals surface area contributed by atoms with E-state index in [-0.39, 0.29) is 12.5 Å². The second-order valence-corrected chi connectivity index (χ2v) is 8.51. The number of aromatic nitrogens is 1. The van der Waals surface area contributed by atoms with Gasteiger partial charge in [-0.3, -0.25) is 4.79 Å². The van der Waals surface area contributed by atoms with E-state index >= 15 is 0 Å². The van der Waals surface area contributed by atoms with Crippen LogP contribution in [-0.4, -0.2) is 41.5 Å². The number of methoxy groups -OCH3 is 1. The van der Waals surface area contributed by atoms with E-state index in [0.29, 0.717) is 11.3 Å². The van der Waals surface area contributed by atoms with Gasteiger partial charge in [0.25, 0.3) is 5.91 Å². The van der Waals surface area contributed by atoms with E-state index in [0.717, 1.165) is 16.5 Å². The Morgan fingerprint density at radius 1 is 0.973 bits per heavy atom. The van der Waals surface area contributed by atoms with Gasteiger partial charge in [0.1, 0.15) is 6.04 Å². The molecule has 10 heteroatoms. The average Bonchev–Trinajstić information content (AvgIpc) is 3.29. The van der Waals surface area contributed by atoms with Crippen molar-refractivity contribution < 1.29 is 36.6 Å². The summed E-state index contributed by atoms with van der Waals surface area (Å²) in [7, 11) is 1.18. The van der Waals surface area contributed by atoms with Gasteiger partial charge >= 0.3 is 5.97 Å². The number of ether oxygens (including phenoxy) is 2. The number of esters is 1. The van der Waals surface area contributed by atoms with Gasteiger partial charge in [-0.1, -0.05) is 48.5 Å². The number of hydrogen-bond acceptors (Lipinski definition) is 4. The molecule has 1 N–H and O–H groups in total. The van der Waals surface area contributed by atoms with Crippen LogP contribution in [0, 0.1) is 23.3 Å². The summed E-state index contributed by atoms with van der Waals surface area (Å²) in [6.45, 7) is -0.997. The molecule has 190 valence electrons. The van der Waals surface area contributed by atoms with Gasteiger partial charge in [0, 0.05) is 29.1 Å². The van der Waals surface area contributed by atoms with Gasteiger partial charge < -0.3 is 19.4 Å². The Labute approximate surface area is 208 Å². The van der Waals surface area contributed by atoms with Crippen LogP contribution < -0.4 is 4.74 Å². The van der Waals surface area contributed by atoms with Crippen LogP contribution in [0.25, 0.3) is 10.9 Å². The summed E-state index contributed by atoms with van der Waals surface area (Å²) in [6, 6.07) is 14.4. The van der Waals surface area contributed by atoms with Crippen molar-refractivity contribution in [3.05, 3.63) is 101 Å². The van der Waals surface area contributed by atoms with Crippen molar-refractivity contribution in [2.45, 2.75) is 18.5 Å². The number of hydrogen-bond donors (Lipinski definition) is 1. The van der Waals surface area contributed by atoms with Gasteiger partial charge in [-0.15, -0.1) is 0 Å². The molecule has 0 radical (unpaired) electrons. The van der Waals surface area contributed by atoms with Crippen LogP contribution in [0.3, 0.4) is 0 Å². The number of aromatic amines is 1. The van der Waals surface area contributed by atoms with E-state index in [1.165, 1.54) is 12.0 Å². The molecule has 1 aliphatic rings. The number of H-pyrrole nitrogens is 1. The molecule has 2 atom stereocenters. The fourth-order valence-electron chi connectivity index (χ4n) is 4.78. The summed E-state index contributed by atoms with van der Waals surface area (Å²) >= 11 is 0. The van der Waals surface area contributed by atoms with Crippen molar-refractivity contribution >= 4 is 22.8 Å². The number of halogens is 4. The van der Waals surface area contributed by atoms with Crippen molar-refractivity contribution in [2.24, 2.45) is 0 Å². The number of carbonyl (C=O) groups is 2. The lowest BCUT2D eigenvalue weighted by Crippen LogP contribution is -2.53. The summed E-state index contributed by atoms with van der Waals surface area (Å²) in [5.74, 6) is -9.80. The second kappa shape index (κ2) is 9.61. The topological polar surface area (TPSA) is 71.6 Å². The molecule has 1 aromatic heterocycles. The van der Waals surface area contributed by atoms with Gasteiger partial charge in [-0.25, -0.2) is 13.6 Å². The minimum atomic E-state index is -1.77. The molecule has 0 bridgehead atoms. The average molecular weight is 512 g/mol. The van der Waals surface area contributed by atoms with E-state index in [4.69, 9.17) is 9.47 Å². The van der Waals surface area contributed by atoms with Crippen LogP contribution in [0.1, 0.15) is 22.9 Å².